The number of rotatable bonds is 6. The molecule has 0 radical (unpaired) electrons. The minimum atomic E-state index is -0.406. The summed E-state index contributed by atoms with van der Waals surface area (Å²) in [6.07, 6.45) is 0.832. The van der Waals surface area contributed by atoms with Gasteiger partial charge in [-0.1, -0.05) is 13.0 Å². The number of nitrogens with one attached hydrogen (secondary N) is 2. The maximum absolute atomic E-state index is 12.8. The third-order valence-corrected chi connectivity index (χ3v) is 4.04. The van der Waals surface area contributed by atoms with Gasteiger partial charge >= 0.3 is 5.69 Å². The highest BCUT2D eigenvalue weighted by Gasteiger charge is 2.15. The maximum atomic E-state index is 12.8. The molecule has 2 aromatic heterocycles. The van der Waals surface area contributed by atoms with E-state index >= 15 is 0 Å². The Morgan fingerprint density at radius 2 is 1.81 bits per heavy atom. The molecule has 142 valence electrons. The zero-order chi connectivity index (χ0) is 19.6. The number of hydrogen-bond acceptors (Lipinski definition) is 5. The number of amides is 1. The van der Waals surface area contributed by atoms with Crippen LogP contribution < -0.4 is 16.3 Å². The molecule has 0 fully saturated rings. The van der Waals surface area contributed by atoms with Gasteiger partial charge in [0.05, 0.1) is 0 Å². The number of carbonyl (C=O) groups excluding carboxylic acids is 1. The van der Waals surface area contributed by atoms with Gasteiger partial charge in [0.2, 0.25) is 11.9 Å². The van der Waals surface area contributed by atoms with Crippen molar-refractivity contribution in [2.45, 2.75) is 40.7 Å². The lowest BCUT2D eigenvalue weighted by molar-refractivity contribution is -0.121. The van der Waals surface area contributed by atoms with E-state index in [9.17, 15) is 9.59 Å². The molecule has 1 aromatic carbocycles. The molecule has 2 heterocycles. The van der Waals surface area contributed by atoms with Crippen molar-refractivity contribution < 1.29 is 4.79 Å². The minimum Gasteiger partial charge on any atom is -0.355 e. The van der Waals surface area contributed by atoms with Crippen molar-refractivity contribution in [2.24, 2.45) is 0 Å². The molecule has 0 bridgehead atoms. The van der Waals surface area contributed by atoms with E-state index in [4.69, 9.17) is 0 Å². The summed E-state index contributed by atoms with van der Waals surface area (Å²) in [5.41, 5.74) is 3.82. The molecule has 3 aromatic rings. The molecule has 0 saturated heterocycles. The summed E-state index contributed by atoms with van der Waals surface area (Å²) in [5, 5.41) is 10.2. The van der Waals surface area contributed by atoms with Gasteiger partial charge in [0.15, 0.2) is 5.65 Å². The van der Waals surface area contributed by atoms with Crippen LogP contribution in [0.3, 0.4) is 0 Å². The van der Waals surface area contributed by atoms with Crippen LogP contribution in [0.2, 0.25) is 0 Å². The van der Waals surface area contributed by atoms with Crippen molar-refractivity contribution in [3.05, 3.63) is 51.6 Å². The topological polar surface area (TPSA) is 93.3 Å². The van der Waals surface area contributed by atoms with Crippen LogP contribution in [0.5, 0.6) is 0 Å². The molecular formula is C19H24N6O2. The zero-order valence-electron chi connectivity index (χ0n) is 16.0. The van der Waals surface area contributed by atoms with Crippen LogP contribution in [0.1, 0.15) is 30.2 Å². The fourth-order valence-corrected chi connectivity index (χ4v) is 2.97. The van der Waals surface area contributed by atoms with Crippen LogP contribution in [-0.2, 0) is 11.3 Å². The molecule has 0 aliphatic rings. The van der Waals surface area contributed by atoms with E-state index in [0.29, 0.717) is 18.1 Å². The lowest BCUT2D eigenvalue weighted by Gasteiger charge is -2.09. The molecule has 8 nitrogen and oxygen atoms in total. The average molecular weight is 368 g/mol. The van der Waals surface area contributed by atoms with Crippen LogP contribution in [0.25, 0.3) is 5.65 Å². The quantitative estimate of drug-likeness (QED) is 0.695. The van der Waals surface area contributed by atoms with Crippen LogP contribution in [0.15, 0.2) is 29.1 Å². The smallest absolute Gasteiger partial charge is 0.353 e. The zero-order valence-corrected chi connectivity index (χ0v) is 16.0. The summed E-state index contributed by atoms with van der Waals surface area (Å²) in [6, 6.07) is 7.76. The summed E-state index contributed by atoms with van der Waals surface area (Å²) < 4.78 is 2.55. The Bertz CT molecular complexity index is 1030. The third-order valence-electron chi connectivity index (χ3n) is 4.04. The molecule has 3 rings (SSSR count). The van der Waals surface area contributed by atoms with Crippen molar-refractivity contribution in [1.29, 1.82) is 0 Å². The first kappa shape index (κ1) is 18.6. The van der Waals surface area contributed by atoms with Gasteiger partial charge < -0.3 is 10.6 Å². The highest BCUT2D eigenvalue weighted by molar-refractivity contribution is 5.75. The Morgan fingerprint density at radius 1 is 1.11 bits per heavy atom. The number of hydrogen-bond donors (Lipinski definition) is 2. The number of benzene rings is 1. The van der Waals surface area contributed by atoms with Gasteiger partial charge in [0.25, 0.3) is 0 Å². The first-order chi connectivity index (χ1) is 12.9. The molecule has 0 spiro atoms. The number of aromatic nitrogens is 4. The Kier molecular flexibility index (Phi) is 5.25. The van der Waals surface area contributed by atoms with Crippen LogP contribution in [0.4, 0.5) is 11.6 Å². The van der Waals surface area contributed by atoms with E-state index in [1.54, 1.807) is 6.07 Å². The molecule has 8 heteroatoms. The summed E-state index contributed by atoms with van der Waals surface area (Å²) in [5.74, 6) is 0.135. The van der Waals surface area contributed by atoms with Crippen LogP contribution >= 0.6 is 0 Å². The lowest BCUT2D eigenvalue weighted by atomic mass is 10.1. The fourth-order valence-electron chi connectivity index (χ4n) is 2.97. The minimum absolute atomic E-state index is 0.122. The van der Waals surface area contributed by atoms with Gasteiger partial charge in [-0.2, -0.15) is 0 Å². The number of aryl methyl sites for hydroxylation is 3. The predicted octanol–water partition coefficient (Wildman–Crippen LogP) is 2.09. The Labute approximate surface area is 157 Å². The van der Waals surface area contributed by atoms with Gasteiger partial charge in [0, 0.05) is 24.0 Å². The number of anilines is 2. The first-order valence-corrected chi connectivity index (χ1v) is 8.96. The van der Waals surface area contributed by atoms with Gasteiger partial charge in [-0.15, -0.1) is 5.10 Å². The standard InChI is InChI=1S/C19H24N6O2/c1-5-6-20-17(26)11-24-19(27)25-16(23-24)10-14(4)21-18(25)22-15-8-12(2)7-13(3)9-15/h7-10H,5-6,11H2,1-4H3,(H,20,26)(H,21,22). The summed E-state index contributed by atoms with van der Waals surface area (Å²) >= 11 is 0. The lowest BCUT2D eigenvalue weighted by Crippen LogP contribution is -2.33. The van der Waals surface area contributed by atoms with E-state index in [1.807, 2.05) is 39.8 Å². The third kappa shape index (κ3) is 4.16. The number of carbonyl (C=O) groups is 1. The van der Waals surface area contributed by atoms with Gasteiger partial charge in [-0.3, -0.25) is 4.79 Å². The molecule has 27 heavy (non-hydrogen) atoms. The Hall–Kier alpha value is -3.16. The van der Waals surface area contributed by atoms with Crippen molar-refractivity contribution in [1.82, 2.24) is 24.5 Å². The second kappa shape index (κ2) is 7.61. The van der Waals surface area contributed by atoms with E-state index in [2.05, 4.69) is 26.8 Å². The molecule has 0 aliphatic heterocycles. The SMILES string of the molecule is CCCNC(=O)Cn1nc2cc(C)nc(Nc3cc(C)cc(C)c3)n2c1=O. The molecule has 0 unspecified atom stereocenters. The molecular weight excluding hydrogens is 344 g/mol. The summed E-state index contributed by atoms with van der Waals surface area (Å²) in [6.45, 7) is 8.28. The van der Waals surface area contributed by atoms with Crippen molar-refractivity contribution in [3.8, 4) is 0 Å². The number of nitrogens with zero attached hydrogens (tertiary/aromatic N) is 4. The van der Waals surface area contributed by atoms with Crippen LogP contribution in [-0.4, -0.2) is 31.6 Å². The fraction of sp³-hybridized carbons (Fsp3) is 0.368. The van der Waals surface area contributed by atoms with E-state index in [-0.39, 0.29) is 12.5 Å². The monoisotopic (exact) mass is 368 g/mol. The molecule has 0 aliphatic carbocycles. The summed E-state index contributed by atoms with van der Waals surface area (Å²) in [4.78, 5) is 29.2. The summed E-state index contributed by atoms with van der Waals surface area (Å²) in [7, 11) is 0. The molecule has 2 N–H and O–H groups in total. The van der Waals surface area contributed by atoms with Crippen molar-refractivity contribution in [3.63, 3.8) is 0 Å². The highest BCUT2D eigenvalue weighted by atomic mass is 16.2. The maximum Gasteiger partial charge on any atom is 0.353 e. The highest BCUT2D eigenvalue weighted by Crippen LogP contribution is 2.19. The van der Waals surface area contributed by atoms with Crippen molar-refractivity contribution in [2.75, 3.05) is 11.9 Å². The van der Waals surface area contributed by atoms with Crippen molar-refractivity contribution >= 4 is 23.2 Å². The van der Waals surface area contributed by atoms with E-state index in [1.165, 1.54) is 4.40 Å². The number of fused-ring (bicyclic) bond motifs is 1. The normalized spacial score (nSPS) is 11.0. The first-order valence-electron chi connectivity index (χ1n) is 8.96. The predicted molar refractivity (Wildman–Crippen MR) is 104 cm³/mol. The van der Waals surface area contributed by atoms with Gasteiger partial charge in [0.1, 0.15) is 6.54 Å². The Balaban J connectivity index is 2.00. The van der Waals surface area contributed by atoms with Gasteiger partial charge in [-0.25, -0.2) is 18.9 Å². The average Bonchev–Trinajstić information content (AvgIpc) is 2.87. The molecule has 1 amide bonds. The van der Waals surface area contributed by atoms with E-state index in [0.717, 1.165) is 33.6 Å². The second-order valence-electron chi connectivity index (χ2n) is 6.71. The van der Waals surface area contributed by atoms with E-state index < -0.39 is 5.69 Å². The molecule has 0 atom stereocenters. The second-order valence-corrected chi connectivity index (χ2v) is 6.71. The van der Waals surface area contributed by atoms with Gasteiger partial charge in [-0.05, 0) is 50.5 Å². The molecule has 0 saturated carbocycles. The van der Waals surface area contributed by atoms with Crippen LogP contribution in [0, 0.1) is 20.8 Å². The Morgan fingerprint density at radius 3 is 2.48 bits per heavy atom. The largest absolute Gasteiger partial charge is 0.355 e.